The summed E-state index contributed by atoms with van der Waals surface area (Å²) in [5.74, 6) is 0.763. The summed E-state index contributed by atoms with van der Waals surface area (Å²) in [6, 6.07) is 0.00403. The Kier molecular flexibility index (Phi) is 2.74. The van der Waals surface area contributed by atoms with Gasteiger partial charge in [0, 0.05) is 18.0 Å². The molecule has 14 heavy (non-hydrogen) atoms. The molecule has 4 nitrogen and oxygen atoms in total. The van der Waals surface area contributed by atoms with Crippen LogP contribution in [0.25, 0.3) is 0 Å². The Morgan fingerprint density at radius 2 is 2.14 bits per heavy atom. The van der Waals surface area contributed by atoms with Gasteiger partial charge in [-0.05, 0) is 26.3 Å². The molecule has 2 atom stereocenters. The van der Waals surface area contributed by atoms with Crippen molar-refractivity contribution >= 4 is 0 Å². The van der Waals surface area contributed by atoms with E-state index in [9.17, 15) is 5.11 Å². The SMILES string of the molecule is Cc1ncc(C2NCCCC2O)cn1. The Labute approximate surface area is 83.4 Å². The molecule has 0 aliphatic carbocycles. The van der Waals surface area contributed by atoms with E-state index >= 15 is 0 Å². The predicted octanol–water partition coefficient (Wildman–Crippen LogP) is 0.570. The van der Waals surface area contributed by atoms with E-state index in [4.69, 9.17) is 0 Å². The third-order valence-electron chi connectivity index (χ3n) is 2.59. The zero-order valence-electron chi connectivity index (χ0n) is 8.27. The molecule has 1 fully saturated rings. The molecule has 2 heterocycles. The van der Waals surface area contributed by atoms with Crippen LogP contribution in [0.15, 0.2) is 12.4 Å². The van der Waals surface area contributed by atoms with Gasteiger partial charge in [-0.1, -0.05) is 0 Å². The number of nitrogens with zero attached hydrogens (tertiary/aromatic N) is 2. The molecule has 0 aromatic carbocycles. The fraction of sp³-hybridized carbons (Fsp3) is 0.600. The van der Waals surface area contributed by atoms with Crippen LogP contribution in [-0.4, -0.2) is 27.7 Å². The maximum absolute atomic E-state index is 9.77. The van der Waals surface area contributed by atoms with Crippen molar-refractivity contribution < 1.29 is 5.11 Å². The third kappa shape index (κ3) is 1.91. The molecule has 1 aliphatic heterocycles. The van der Waals surface area contributed by atoms with E-state index in [0.29, 0.717) is 0 Å². The first-order chi connectivity index (χ1) is 6.77. The minimum Gasteiger partial charge on any atom is -0.391 e. The largest absolute Gasteiger partial charge is 0.391 e. The van der Waals surface area contributed by atoms with Crippen LogP contribution < -0.4 is 5.32 Å². The standard InChI is InChI=1S/C10H15N3O/c1-7-12-5-8(6-13-7)10-9(14)3-2-4-11-10/h5-6,9-11,14H,2-4H2,1H3. The molecular weight excluding hydrogens is 178 g/mol. The molecule has 2 N–H and O–H groups in total. The fourth-order valence-electron chi connectivity index (χ4n) is 1.77. The molecule has 4 heteroatoms. The second-order valence-corrected chi connectivity index (χ2v) is 3.70. The maximum Gasteiger partial charge on any atom is 0.125 e. The summed E-state index contributed by atoms with van der Waals surface area (Å²) < 4.78 is 0. The first-order valence-corrected chi connectivity index (χ1v) is 4.97. The molecule has 1 aromatic heterocycles. The smallest absolute Gasteiger partial charge is 0.125 e. The normalized spacial score (nSPS) is 27.6. The summed E-state index contributed by atoms with van der Waals surface area (Å²) in [6.07, 6.45) is 5.15. The van der Waals surface area contributed by atoms with Gasteiger partial charge in [0.2, 0.25) is 0 Å². The lowest BCUT2D eigenvalue weighted by atomic mass is 9.97. The van der Waals surface area contributed by atoms with Gasteiger partial charge in [-0.15, -0.1) is 0 Å². The number of hydrogen-bond donors (Lipinski definition) is 2. The molecule has 1 aromatic rings. The summed E-state index contributed by atoms with van der Waals surface area (Å²) in [4.78, 5) is 8.25. The Morgan fingerprint density at radius 3 is 2.79 bits per heavy atom. The van der Waals surface area contributed by atoms with Crippen molar-refractivity contribution in [2.75, 3.05) is 6.54 Å². The highest BCUT2D eigenvalue weighted by Gasteiger charge is 2.24. The van der Waals surface area contributed by atoms with Crippen molar-refractivity contribution in [2.45, 2.75) is 31.9 Å². The van der Waals surface area contributed by atoms with Gasteiger partial charge >= 0.3 is 0 Å². The number of rotatable bonds is 1. The summed E-state index contributed by atoms with van der Waals surface area (Å²) in [7, 11) is 0. The van der Waals surface area contributed by atoms with E-state index in [0.717, 1.165) is 30.8 Å². The van der Waals surface area contributed by atoms with E-state index in [2.05, 4.69) is 15.3 Å². The number of aliphatic hydroxyl groups excluding tert-OH is 1. The van der Waals surface area contributed by atoms with Gasteiger partial charge in [-0.25, -0.2) is 9.97 Å². The van der Waals surface area contributed by atoms with Gasteiger partial charge in [0.05, 0.1) is 12.1 Å². The number of aromatic nitrogens is 2. The van der Waals surface area contributed by atoms with Crippen molar-refractivity contribution in [2.24, 2.45) is 0 Å². The highest BCUT2D eigenvalue weighted by atomic mass is 16.3. The number of aliphatic hydroxyl groups is 1. The first kappa shape index (κ1) is 9.55. The van der Waals surface area contributed by atoms with Crippen molar-refractivity contribution in [1.82, 2.24) is 15.3 Å². The second kappa shape index (κ2) is 4.02. The Morgan fingerprint density at radius 1 is 1.43 bits per heavy atom. The molecule has 76 valence electrons. The zero-order valence-corrected chi connectivity index (χ0v) is 8.27. The van der Waals surface area contributed by atoms with Gasteiger partial charge in [0.15, 0.2) is 0 Å². The van der Waals surface area contributed by atoms with Crippen LogP contribution >= 0.6 is 0 Å². The number of piperidine rings is 1. The lowest BCUT2D eigenvalue weighted by Crippen LogP contribution is -2.37. The Bertz CT molecular complexity index is 299. The van der Waals surface area contributed by atoms with Crippen LogP contribution in [-0.2, 0) is 0 Å². The molecule has 2 rings (SSSR count). The average molecular weight is 193 g/mol. The molecule has 2 unspecified atom stereocenters. The fourth-order valence-corrected chi connectivity index (χ4v) is 1.77. The molecule has 0 radical (unpaired) electrons. The first-order valence-electron chi connectivity index (χ1n) is 4.97. The molecule has 0 bridgehead atoms. The molecule has 0 spiro atoms. The molecule has 0 saturated carbocycles. The molecule has 1 saturated heterocycles. The minimum absolute atomic E-state index is 0.00403. The predicted molar refractivity (Wildman–Crippen MR) is 52.8 cm³/mol. The maximum atomic E-state index is 9.77. The van der Waals surface area contributed by atoms with Crippen molar-refractivity contribution in [3.8, 4) is 0 Å². The topological polar surface area (TPSA) is 58.0 Å². The van der Waals surface area contributed by atoms with Crippen LogP contribution in [0.1, 0.15) is 30.3 Å². The lowest BCUT2D eigenvalue weighted by molar-refractivity contribution is 0.0962. The van der Waals surface area contributed by atoms with Crippen LogP contribution in [0.3, 0.4) is 0 Å². The van der Waals surface area contributed by atoms with Gasteiger partial charge in [0.25, 0.3) is 0 Å². The van der Waals surface area contributed by atoms with Crippen LogP contribution in [0, 0.1) is 6.92 Å². The quantitative estimate of drug-likeness (QED) is 0.684. The van der Waals surface area contributed by atoms with E-state index < -0.39 is 0 Å². The monoisotopic (exact) mass is 193 g/mol. The van der Waals surface area contributed by atoms with Crippen LogP contribution in [0.2, 0.25) is 0 Å². The minimum atomic E-state index is -0.310. The zero-order chi connectivity index (χ0) is 9.97. The summed E-state index contributed by atoms with van der Waals surface area (Å²) >= 11 is 0. The summed E-state index contributed by atoms with van der Waals surface area (Å²) in [6.45, 7) is 2.81. The molecular formula is C10H15N3O. The number of hydrogen-bond acceptors (Lipinski definition) is 4. The van der Waals surface area contributed by atoms with E-state index in [1.54, 1.807) is 12.4 Å². The Hall–Kier alpha value is -1.00. The second-order valence-electron chi connectivity index (χ2n) is 3.70. The number of aryl methyl sites for hydroxylation is 1. The van der Waals surface area contributed by atoms with Gasteiger partial charge < -0.3 is 10.4 Å². The van der Waals surface area contributed by atoms with E-state index in [1.807, 2.05) is 6.92 Å². The summed E-state index contributed by atoms with van der Waals surface area (Å²) in [5.41, 5.74) is 0.975. The lowest BCUT2D eigenvalue weighted by Gasteiger charge is -2.28. The van der Waals surface area contributed by atoms with Gasteiger partial charge in [-0.3, -0.25) is 0 Å². The molecule has 1 aliphatic rings. The highest BCUT2D eigenvalue weighted by Crippen LogP contribution is 2.22. The van der Waals surface area contributed by atoms with Crippen molar-refractivity contribution in [3.63, 3.8) is 0 Å². The highest BCUT2D eigenvalue weighted by molar-refractivity contribution is 5.13. The summed E-state index contributed by atoms with van der Waals surface area (Å²) in [5, 5.41) is 13.0. The van der Waals surface area contributed by atoms with Gasteiger partial charge in [0.1, 0.15) is 5.82 Å². The van der Waals surface area contributed by atoms with Gasteiger partial charge in [-0.2, -0.15) is 0 Å². The van der Waals surface area contributed by atoms with Crippen molar-refractivity contribution in [1.29, 1.82) is 0 Å². The van der Waals surface area contributed by atoms with Crippen LogP contribution in [0.5, 0.6) is 0 Å². The van der Waals surface area contributed by atoms with E-state index in [1.165, 1.54) is 0 Å². The number of nitrogens with one attached hydrogen (secondary N) is 1. The van der Waals surface area contributed by atoms with Crippen LogP contribution in [0.4, 0.5) is 0 Å². The Balaban J connectivity index is 2.16. The van der Waals surface area contributed by atoms with Crippen molar-refractivity contribution in [3.05, 3.63) is 23.8 Å². The van der Waals surface area contributed by atoms with E-state index in [-0.39, 0.29) is 12.1 Å². The third-order valence-corrected chi connectivity index (χ3v) is 2.59. The molecule has 0 amide bonds. The average Bonchev–Trinajstić information content (AvgIpc) is 2.20.